The Morgan fingerprint density at radius 3 is 2.84 bits per heavy atom. The molecule has 100 valence electrons. The second-order valence-corrected chi connectivity index (χ2v) is 3.85. The van der Waals surface area contributed by atoms with Gasteiger partial charge in [0.1, 0.15) is 5.75 Å². The van der Waals surface area contributed by atoms with Gasteiger partial charge in [0.15, 0.2) is 0 Å². The van der Waals surface area contributed by atoms with Crippen molar-refractivity contribution in [3.63, 3.8) is 0 Å². The van der Waals surface area contributed by atoms with E-state index in [1.165, 1.54) is 0 Å². The molecular formula is C14H17N3O2. The Bertz CT molecular complexity index is 532. The Hall–Kier alpha value is -2.14. The van der Waals surface area contributed by atoms with E-state index >= 15 is 0 Å². The van der Waals surface area contributed by atoms with Crippen molar-refractivity contribution >= 4 is 0 Å². The second kappa shape index (κ2) is 6.70. The largest absolute Gasteiger partial charge is 0.478 e. The Kier molecular flexibility index (Phi) is 4.69. The van der Waals surface area contributed by atoms with Crippen LogP contribution in [-0.2, 0) is 6.54 Å². The number of rotatable bonds is 6. The average Bonchev–Trinajstić information content (AvgIpc) is 2.42. The Balaban J connectivity index is 2.18. The van der Waals surface area contributed by atoms with E-state index in [2.05, 4.69) is 15.3 Å². The zero-order valence-corrected chi connectivity index (χ0v) is 11.1. The highest BCUT2D eigenvalue weighted by molar-refractivity contribution is 5.35. The third-order valence-electron chi connectivity index (χ3n) is 2.44. The summed E-state index contributed by atoms with van der Waals surface area (Å²) in [6, 6.07) is 9.77. The fourth-order valence-corrected chi connectivity index (χ4v) is 1.64. The topological polar surface area (TPSA) is 56.3 Å². The molecule has 1 N–H and O–H groups in total. The van der Waals surface area contributed by atoms with E-state index < -0.39 is 0 Å². The summed E-state index contributed by atoms with van der Waals surface area (Å²) in [6.07, 6.45) is 1.62. The SMILES string of the molecule is CCOc1ccnc(Oc2ccccc2CNC)n1. The van der Waals surface area contributed by atoms with E-state index in [0.29, 0.717) is 12.5 Å². The van der Waals surface area contributed by atoms with Crippen LogP contribution in [-0.4, -0.2) is 23.6 Å². The molecule has 19 heavy (non-hydrogen) atoms. The summed E-state index contributed by atoms with van der Waals surface area (Å²) in [7, 11) is 1.89. The number of hydrogen-bond donors (Lipinski definition) is 1. The number of aromatic nitrogens is 2. The van der Waals surface area contributed by atoms with Crippen molar-refractivity contribution in [1.82, 2.24) is 15.3 Å². The average molecular weight is 259 g/mol. The highest BCUT2D eigenvalue weighted by atomic mass is 16.5. The molecule has 0 radical (unpaired) electrons. The summed E-state index contributed by atoms with van der Waals surface area (Å²) in [5.74, 6) is 1.25. The maximum absolute atomic E-state index is 5.71. The number of ether oxygens (including phenoxy) is 2. The van der Waals surface area contributed by atoms with Crippen molar-refractivity contribution in [1.29, 1.82) is 0 Å². The van der Waals surface area contributed by atoms with Crippen LogP contribution in [0, 0.1) is 0 Å². The minimum atomic E-state index is 0.287. The maximum atomic E-state index is 5.71. The highest BCUT2D eigenvalue weighted by Crippen LogP contribution is 2.23. The maximum Gasteiger partial charge on any atom is 0.325 e. The van der Waals surface area contributed by atoms with Gasteiger partial charge >= 0.3 is 6.01 Å². The first-order valence-corrected chi connectivity index (χ1v) is 6.19. The monoisotopic (exact) mass is 259 g/mol. The quantitative estimate of drug-likeness (QED) is 0.863. The smallest absolute Gasteiger partial charge is 0.325 e. The van der Waals surface area contributed by atoms with Gasteiger partial charge in [-0.1, -0.05) is 18.2 Å². The molecule has 0 saturated heterocycles. The van der Waals surface area contributed by atoms with Gasteiger partial charge in [0.05, 0.1) is 6.61 Å². The number of benzene rings is 1. The summed E-state index contributed by atoms with van der Waals surface area (Å²) < 4.78 is 11.0. The standard InChI is InChI=1S/C14H17N3O2/c1-3-18-13-8-9-16-14(17-13)19-12-7-5-4-6-11(12)10-15-2/h4-9,15H,3,10H2,1-2H3. The molecule has 5 nitrogen and oxygen atoms in total. The molecule has 0 aliphatic rings. The van der Waals surface area contributed by atoms with Crippen molar-refractivity contribution < 1.29 is 9.47 Å². The van der Waals surface area contributed by atoms with Gasteiger partial charge in [0.2, 0.25) is 5.88 Å². The molecule has 0 spiro atoms. The normalized spacial score (nSPS) is 10.2. The van der Waals surface area contributed by atoms with E-state index in [4.69, 9.17) is 9.47 Å². The zero-order chi connectivity index (χ0) is 13.5. The summed E-state index contributed by atoms with van der Waals surface area (Å²) in [5.41, 5.74) is 1.05. The van der Waals surface area contributed by atoms with E-state index in [9.17, 15) is 0 Å². The molecule has 0 saturated carbocycles. The van der Waals surface area contributed by atoms with Crippen LogP contribution >= 0.6 is 0 Å². The number of nitrogens with zero attached hydrogens (tertiary/aromatic N) is 2. The van der Waals surface area contributed by atoms with Gasteiger partial charge in [-0.3, -0.25) is 0 Å². The van der Waals surface area contributed by atoms with Crippen molar-refractivity contribution in [2.75, 3.05) is 13.7 Å². The molecule has 5 heteroatoms. The zero-order valence-electron chi connectivity index (χ0n) is 11.1. The lowest BCUT2D eigenvalue weighted by atomic mass is 10.2. The van der Waals surface area contributed by atoms with Crippen LogP contribution in [0.2, 0.25) is 0 Å². The van der Waals surface area contributed by atoms with E-state index in [-0.39, 0.29) is 6.01 Å². The molecular weight excluding hydrogens is 242 g/mol. The number of para-hydroxylation sites is 1. The lowest BCUT2D eigenvalue weighted by molar-refractivity contribution is 0.318. The summed E-state index contributed by atoms with van der Waals surface area (Å²) >= 11 is 0. The van der Waals surface area contributed by atoms with Crippen molar-refractivity contribution in [3.8, 4) is 17.6 Å². The number of nitrogens with one attached hydrogen (secondary N) is 1. The molecule has 1 aromatic carbocycles. The van der Waals surface area contributed by atoms with Crippen LogP contribution in [0.1, 0.15) is 12.5 Å². The molecule has 0 unspecified atom stereocenters. The van der Waals surface area contributed by atoms with Gasteiger partial charge in [-0.15, -0.1) is 0 Å². The van der Waals surface area contributed by atoms with Crippen molar-refractivity contribution in [2.24, 2.45) is 0 Å². The van der Waals surface area contributed by atoms with Crippen LogP contribution in [0.5, 0.6) is 17.6 Å². The Morgan fingerprint density at radius 2 is 2.05 bits per heavy atom. The third-order valence-corrected chi connectivity index (χ3v) is 2.44. The summed E-state index contributed by atoms with van der Waals surface area (Å²) in [4.78, 5) is 8.27. The van der Waals surface area contributed by atoms with Crippen LogP contribution in [0.3, 0.4) is 0 Å². The molecule has 0 aliphatic carbocycles. The first kappa shape index (κ1) is 13.3. The fourth-order valence-electron chi connectivity index (χ4n) is 1.64. The van der Waals surface area contributed by atoms with E-state index in [0.717, 1.165) is 17.9 Å². The van der Waals surface area contributed by atoms with Gasteiger partial charge in [-0.2, -0.15) is 4.98 Å². The van der Waals surface area contributed by atoms with E-state index in [1.54, 1.807) is 12.3 Å². The van der Waals surface area contributed by atoms with Crippen molar-refractivity contribution in [3.05, 3.63) is 42.1 Å². The fraction of sp³-hybridized carbons (Fsp3) is 0.286. The molecule has 0 fully saturated rings. The lowest BCUT2D eigenvalue weighted by Gasteiger charge is -2.09. The lowest BCUT2D eigenvalue weighted by Crippen LogP contribution is -2.06. The predicted octanol–water partition coefficient (Wildman–Crippen LogP) is 2.39. The van der Waals surface area contributed by atoms with E-state index in [1.807, 2.05) is 38.2 Å². The van der Waals surface area contributed by atoms with Gasteiger partial charge < -0.3 is 14.8 Å². The van der Waals surface area contributed by atoms with Gasteiger partial charge in [0.25, 0.3) is 0 Å². The van der Waals surface area contributed by atoms with Gasteiger partial charge in [0, 0.05) is 24.4 Å². The van der Waals surface area contributed by atoms with Crippen LogP contribution in [0.15, 0.2) is 36.5 Å². The molecule has 0 atom stereocenters. The summed E-state index contributed by atoms with van der Waals surface area (Å²) in [5, 5.41) is 3.10. The molecule has 0 amide bonds. The Labute approximate surface area is 112 Å². The van der Waals surface area contributed by atoms with Crippen LogP contribution < -0.4 is 14.8 Å². The van der Waals surface area contributed by atoms with Crippen LogP contribution in [0.4, 0.5) is 0 Å². The first-order chi connectivity index (χ1) is 9.33. The Morgan fingerprint density at radius 1 is 1.21 bits per heavy atom. The van der Waals surface area contributed by atoms with Crippen molar-refractivity contribution in [2.45, 2.75) is 13.5 Å². The molecule has 2 rings (SSSR count). The van der Waals surface area contributed by atoms with Gasteiger partial charge in [-0.25, -0.2) is 4.98 Å². The minimum absolute atomic E-state index is 0.287. The number of hydrogen-bond acceptors (Lipinski definition) is 5. The second-order valence-electron chi connectivity index (χ2n) is 3.85. The summed E-state index contributed by atoms with van der Waals surface area (Å²) in [6.45, 7) is 3.19. The van der Waals surface area contributed by atoms with Gasteiger partial charge in [-0.05, 0) is 20.0 Å². The molecule has 0 aliphatic heterocycles. The third kappa shape index (κ3) is 3.66. The highest BCUT2D eigenvalue weighted by Gasteiger charge is 2.06. The first-order valence-electron chi connectivity index (χ1n) is 6.19. The molecule has 1 aromatic heterocycles. The minimum Gasteiger partial charge on any atom is -0.478 e. The molecule has 2 aromatic rings. The molecule has 0 bridgehead atoms. The molecule has 1 heterocycles. The van der Waals surface area contributed by atoms with Crippen LogP contribution in [0.25, 0.3) is 0 Å². The predicted molar refractivity (Wildman–Crippen MR) is 72.5 cm³/mol.